The summed E-state index contributed by atoms with van der Waals surface area (Å²) in [7, 11) is 0. The van der Waals surface area contributed by atoms with Crippen LogP contribution in [0.15, 0.2) is 54.1 Å². The molecular formula is C22H17NO2. The van der Waals surface area contributed by atoms with Gasteiger partial charge in [-0.1, -0.05) is 54.1 Å². The summed E-state index contributed by atoms with van der Waals surface area (Å²) < 4.78 is 0. The Hall–Kier alpha value is -2.68. The van der Waals surface area contributed by atoms with Crippen molar-refractivity contribution in [2.75, 3.05) is 0 Å². The monoisotopic (exact) mass is 327 g/mol. The van der Waals surface area contributed by atoms with Gasteiger partial charge in [-0.2, -0.15) is 0 Å². The van der Waals surface area contributed by atoms with Gasteiger partial charge in [0.25, 0.3) is 0 Å². The lowest BCUT2D eigenvalue weighted by Crippen LogP contribution is -2.34. The molecule has 6 rings (SSSR count). The van der Waals surface area contributed by atoms with Crippen LogP contribution in [0.4, 0.5) is 0 Å². The first-order valence-corrected chi connectivity index (χ1v) is 8.98. The Morgan fingerprint density at radius 2 is 1.60 bits per heavy atom. The minimum absolute atomic E-state index is 0.0855. The van der Waals surface area contributed by atoms with E-state index in [0.717, 1.165) is 18.4 Å². The Labute approximate surface area is 145 Å². The lowest BCUT2D eigenvalue weighted by Gasteiger charge is -2.35. The first kappa shape index (κ1) is 13.6. The molecule has 0 aromatic heterocycles. The van der Waals surface area contributed by atoms with Crippen LogP contribution in [0.3, 0.4) is 0 Å². The highest BCUT2D eigenvalue weighted by molar-refractivity contribution is 6.12. The van der Waals surface area contributed by atoms with Crippen LogP contribution in [0.5, 0.6) is 0 Å². The topological polar surface area (TPSA) is 46.2 Å². The maximum absolute atomic E-state index is 12.7. The molecule has 3 nitrogen and oxygen atoms in total. The molecule has 1 aliphatic heterocycles. The summed E-state index contributed by atoms with van der Waals surface area (Å²) in [4.78, 5) is 25.4. The van der Waals surface area contributed by atoms with Crippen LogP contribution in [-0.2, 0) is 22.4 Å². The van der Waals surface area contributed by atoms with Crippen LogP contribution in [0, 0.1) is 17.8 Å². The number of nitrogens with one attached hydrogen (secondary N) is 1. The average Bonchev–Trinajstić information content (AvgIpc) is 3.26. The smallest absolute Gasteiger partial charge is 0.234 e. The molecule has 1 heterocycles. The van der Waals surface area contributed by atoms with E-state index in [1.165, 1.54) is 27.8 Å². The predicted molar refractivity (Wildman–Crippen MR) is 93.6 cm³/mol. The molecule has 2 aromatic rings. The number of imide groups is 1. The molecule has 4 aliphatic rings. The summed E-state index contributed by atoms with van der Waals surface area (Å²) in [6.45, 7) is 0. The molecule has 4 atom stereocenters. The second-order valence-electron chi connectivity index (χ2n) is 7.67. The zero-order valence-corrected chi connectivity index (χ0v) is 13.7. The molecule has 25 heavy (non-hydrogen) atoms. The Morgan fingerprint density at radius 3 is 2.48 bits per heavy atom. The molecule has 4 unspecified atom stereocenters. The van der Waals surface area contributed by atoms with Crippen LogP contribution in [0.1, 0.15) is 28.2 Å². The van der Waals surface area contributed by atoms with Gasteiger partial charge >= 0.3 is 0 Å². The van der Waals surface area contributed by atoms with Gasteiger partial charge in [0.05, 0.1) is 11.8 Å². The van der Waals surface area contributed by atoms with Crippen molar-refractivity contribution in [1.29, 1.82) is 0 Å². The normalized spacial score (nSPS) is 31.2. The number of allylic oxidation sites excluding steroid dienone is 1. The van der Waals surface area contributed by atoms with E-state index < -0.39 is 0 Å². The van der Waals surface area contributed by atoms with Crippen molar-refractivity contribution in [3.05, 3.63) is 76.4 Å². The minimum Gasteiger partial charge on any atom is -0.296 e. The van der Waals surface area contributed by atoms with Crippen molar-refractivity contribution in [3.63, 3.8) is 0 Å². The van der Waals surface area contributed by atoms with E-state index in [1.807, 2.05) is 6.07 Å². The fraction of sp³-hybridized carbons (Fsp3) is 0.273. The molecule has 2 amide bonds. The van der Waals surface area contributed by atoms with Gasteiger partial charge in [-0.3, -0.25) is 14.9 Å². The number of hydrogen-bond donors (Lipinski definition) is 1. The third-order valence-electron chi connectivity index (χ3n) is 6.66. The van der Waals surface area contributed by atoms with Gasteiger partial charge in [-0.05, 0) is 46.6 Å². The van der Waals surface area contributed by atoms with Crippen molar-refractivity contribution in [2.24, 2.45) is 17.8 Å². The maximum Gasteiger partial charge on any atom is 0.234 e. The van der Waals surface area contributed by atoms with Crippen molar-refractivity contribution in [1.82, 2.24) is 5.32 Å². The number of rotatable bonds is 0. The van der Waals surface area contributed by atoms with Gasteiger partial charge < -0.3 is 0 Å². The van der Waals surface area contributed by atoms with Gasteiger partial charge in [-0.25, -0.2) is 0 Å². The lowest BCUT2D eigenvalue weighted by molar-refractivity contribution is -0.126. The highest BCUT2D eigenvalue weighted by Crippen LogP contribution is 2.60. The molecule has 0 saturated carbocycles. The van der Waals surface area contributed by atoms with Crippen molar-refractivity contribution >= 4 is 17.4 Å². The molecule has 122 valence electrons. The van der Waals surface area contributed by atoms with E-state index in [0.29, 0.717) is 5.92 Å². The largest absolute Gasteiger partial charge is 0.296 e. The zero-order valence-electron chi connectivity index (χ0n) is 13.7. The van der Waals surface area contributed by atoms with E-state index in [-0.39, 0.29) is 29.6 Å². The molecule has 1 fully saturated rings. The molecule has 3 aliphatic carbocycles. The number of benzene rings is 2. The van der Waals surface area contributed by atoms with Gasteiger partial charge in [-0.15, -0.1) is 0 Å². The summed E-state index contributed by atoms with van der Waals surface area (Å²) >= 11 is 0. The minimum atomic E-state index is -0.321. The number of carbonyl (C=O) groups is 2. The summed E-state index contributed by atoms with van der Waals surface area (Å²) in [6, 6.07) is 16.8. The van der Waals surface area contributed by atoms with Crippen LogP contribution in [0.25, 0.3) is 5.57 Å². The zero-order chi connectivity index (χ0) is 16.7. The van der Waals surface area contributed by atoms with Gasteiger partial charge in [0, 0.05) is 5.92 Å². The lowest BCUT2D eigenvalue weighted by atomic mass is 9.64. The van der Waals surface area contributed by atoms with Crippen LogP contribution >= 0.6 is 0 Å². The van der Waals surface area contributed by atoms with E-state index in [4.69, 9.17) is 0 Å². The number of fused-ring (bicyclic) bond motifs is 9. The molecule has 1 N–H and O–H groups in total. The summed E-state index contributed by atoms with van der Waals surface area (Å²) in [6.07, 6.45) is 1.91. The quantitative estimate of drug-likeness (QED) is 0.756. The van der Waals surface area contributed by atoms with Crippen LogP contribution in [0.2, 0.25) is 0 Å². The second kappa shape index (κ2) is 4.48. The summed E-state index contributed by atoms with van der Waals surface area (Å²) in [5.74, 6) is -0.289. The van der Waals surface area contributed by atoms with Gasteiger partial charge in [0.15, 0.2) is 0 Å². The Morgan fingerprint density at radius 1 is 0.840 bits per heavy atom. The molecule has 0 radical (unpaired) electrons. The number of amides is 2. The van der Waals surface area contributed by atoms with Gasteiger partial charge in [0.2, 0.25) is 11.8 Å². The van der Waals surface area contributed by atoms with E-state index in [1.54, 1.807) is 0 Å². The molecule has 2 aromatic carbocycles. The van der Waals surface area contributed by atoms with Crippen molar-refractivity contribution in [2.45, 2.75) is 18.8 Å². The third kappa shape index (κ3) is 1.56. The van der Waals surface area contributed by atoms with Crippen LogP contribution < -0.4 is 5.32 Å². The molecule has 0 bridgehead atoms. The molecular weight excluding hydrogens is 310 g/mol. The fourth-order valence-corrected chi connectivity index (χ4v) is 5.80. The summed E-state index contributed by atoms with van der Waals surface area (Å²) in [5, 5.41) is 2.63. The second-order valence-corrected chi connectivity index (χ2v) is 7.67. The first-order chi connectivity index (χ1) is 12.2. The molecule has 1 saturated heterocycles. The Balaban J connectivity index is 1.62. The van der Waals surface area contributed by atoms with E-state index in [2.05, 4.69) is 47.8 Å². The Kier molecular flexibility index (Phi) is 2.44. The van der Waals surface area contributed by atoms with Crippen LogP contribution in [-0.4, -0.2) is 11.8 Å². The third-order valence-corrected chi connectivity index (χ3v) is 6.66. The number of carbonyl (C=O) groups excluding carboxylic acids is 2. The molecule has 3 heteroatoms. The van der Waals surface area contributed by atoms with E-state index >= 15 is 0 Å². The standard InChI is InChI=1S/C22H17NO2/c24-21-19-17-13-7-3-1-5-11(13)9-15(17)16-10-12-6-2-4-8-14(12)18(16)20(19)22(25)23-21/h1-8,15,17,19-20H,9-10H2,(H,23,24,25). The highest BCUT2D eigenvalue weighted by atomic mass is 16.2. The van der Waals surface area contributed by atoms with Gasteiger partial charge in [0.1, 0.15) is 0 Å². The Bertz CT molecular complexity index is 1000. The van der Waals surface area contributed by atoms with E-state index in [9.17, 15) is 9.59 Å². The predicted octanol–water partition coefficient (Wildman–Crippen LogP) is 2.85. The first-order valence-electron chi connectivity index (χ1n) is 8.98. The van der Waals surface area contributed by atoms with Crippen molar-refractivity contribution < 1.29 is 9.59 Å². The fourth-order valence-electron chi connectivity index (χ4n) is 5.80. The van der Waals surface area contributed by atoms with Crippen molar-refractivity contribution in [3.8, 4) is 0 Å². The summed E-state index contributed by atoms with van der Waals surface area (Å²) in [5.41, 5.74) is 7.65. The SMILES string of the molecule is O=C1NC(=O)C2C1C1=C(Cc3ccccc31)C1Cc3ccccc3C12. The highest BCUT2D eigenvalue weighted by Gasteiger charge is 2.58. The average molecular weight is 327 g/mol. The number of hydrogen-bond acceptors (Lipinski definition) is 2. The maximum atomic E-state index is 12.7. The molecule has 0 spiro atoms.